The molecule has 0 radical (unpaired) electrons. The summed E-state index contributed by atoms with van der Waals surface area (Å²) in [6.07, 6.45) is 2.37. The van der Waals surface area contributed by atoms with Crippen LogP contribution < -0.4 is 0 Å². The molecule has 76 valence electrons. The van der Waals surface area contributed by atoms with Crippen LogP contribution in [0.15, 0.2) is 0 Å². The number of methoxy groups -OCH3 is 1. The van der Waals surface area contributed by atoms with Gasteiger partial charge in [0, 0.05) is 0 Å². The second kappa shape index (κ2) is 6.77. The highest BCUT2D eigenvalue weighted by atomic mass is 32.2. The molecule has 0 amide bonds. The van der Waals surface area contributed by atoms with E-state index in [1.54, 1.807) is 11.8 Å². The minimum Gasteiger partial charge on any atom is -0.481 e. The number of hydrogen-bond acceptors (Lipinski definition) is 4. The van der Waals surface area contributed by atoms with E-state index in [4.69, 9.17) is 5.11 Å². The molecule has 0 aromatic heterocycles. The summed E-state index contributed by atoms with van der Waals surface area (Å²) in [7, 11) is 1.26. The third kappa shape index (κ3) is 5.52. The van der Waals surface area contributed by atoms with E-state index < -0.39 is 17.9 Å². The molecular formula is C8H14O4S. The summed E-state index contributed by atoms with van der Waals surface area (Å²) in [5.41, 5.74) is 0. The first-order valence-electron chi connectivity index (χ1n) is 3.90. The molecule has 0 bridgehead atoms. The van der Waals surface area contributed by atoms with Crippen LogP contribution in [-0.2, 0) is 14.3 Å². The lowest BCUT2D eigenvalue weighted by Gasteiger charge is -2.09. The minimum atomic E-state index is -0.931. The van der Waals surface area contributed by atoms with Gasteiger partial charge in [0.2, 0.25) is 0 Å². The van der Waals surface area contributed by atoms with Crippen molar-refractivity contribution < 1.29 is 19.4 Å². The molecule has 0 unspecified atom stereocenters. The molecule has 13 heavy (non-hydrogen) atoms. The highest BCUT2D eigenvalue weighted by Crippen LogP contribution is 2.12. The molecule has 5 heteroatoms. The molecular weight excluding hydrogens is 192 g/mol. The van der Waals surface area contributed by atoms with E-state index in [2.05, 4.69) is 4.74 Å². The minimum absolute atomic E-state index is 0.0353. The van der Waals surface area contributed by atoms with Gasteiger partial charge in [0.25, 0.3) is 0 Å². The van der Waals surface area contributed by atoms with Gasteiger partial charge in [-0.25, -0.2) is 0 Å². The Bertz CT molecular complexity index is 181. The molecule has 0 fully saturated rings. The molecule has 0 saturated heterocycles. The quantitative estimate of drug-likeness (QED) is 0.657. The fourth-order valence-corrected chi connectivity index (χ4v) is 1.38. The van der Waals surface area contributed by atoms with Gasteiger partial charge in [-0.05, 0) is 18.4 Å². The first-order valence-corrected chi connectivity index (χ1v) is 5.29. The van der Waals surface area contributed by atoms with Gasteiger partial charge in [-0.2, -0.15) is 11.8 Å². The summed E-state index contributed by atoms with van der Waals surface area (Å²) in [4.78, 5) is 21.4. The third-order valence-corrected chi connectivity index (χ3v) is 2.30. The topological polar surface area (TPSA) is 63.6 Å². The lowest BCUT2D eigenvalue weighted by atomic mass is 10.0. The number of thioether (sulfide) groups is 1. The predicted molar refractivity (Wildman–Crippen MR) is 50.8 cm³/mol. The Balaban J connectivity index is 3.94. The fraction of sp³-hybridized carbons (Fsp3) is 0.750. The number of carbonyl (C=O) groups is 2. The molecule has 0 saturated carbocycles. The zero-order chi connectivity index (χ0) is 10.3. The molecule has 0 spiro atoms. The molecule has 0 aromatic rings. The maximum Gasteiger partial charge on any atom is 0.307 e. The van der Waals surface area contributed by atoms with E-state index in [-0.39, 0.29) is 6.42 Å². The SMILES string of the molecule is COC(=O)C[C@@H](CCSC)C(=O)O. The van der Waals surface area contributed by atoms with Crippen LogP contribution in [0.4, 0.5) is 0 Å². The molecule has 0 aliphatic heterocycles. The summed E-state index contributed by atoms with van der Waals surface area (Å²) in [5, 5.41) is 8.73. The number of aliphatic carboxylic acids is 1. The van der Waals surface area contributed by atoms with Crippen molar-refractivity contribution in [3.05, 3.63) is 0 Å². The van der Waals surface area contributed by atoms with Gasteiger partial charge in [-0.3, -0.25) is 9.59 Å². The van der Waals surface area contributed by atoms with Crippen LogP contribution in [0.2, 0.25) is 0 Å². The summed E-state index contributed by atoms with van der Waals surface area (Å²) in [5.74, 6) is -1.26. The van der Waals surface area contributed by atoms with Gasteiger partial charge < -0.3 is 9.84 Å². The fourth-order valence-electron chi connectivity index (χ4n) is 0.857. The first kappa shape index (κ1) is 12.3. The molecule has 0 aliphatic carbocycles. The second-order valence-corrected chi connectivity index (χ2v) is 3.58. The Hall–Kier alpha value is -0.710. The van der Waals surface area contributed by atoms with E-state index >= 15 is 0 Å². The van der Waals surface area contributed by atoms with Crippen LogP contribution in [0.25, 0.3) is 0 Å². The van der Waals surface area contributed by atoms with Crippen LogP contribution in [0.5, 0.6) is 0 Å². The van der Waals surface area contributed by atoms with E-state index in [9.17, 15) is 9.59 Å². The van der Waals surface area contributed by atoms with Crippen LogP contribution >= 0.6 is 11.8 Å². The van der Waals surface area contributed by atoms with Crippen molar-refractivity contribution in [1.82, 2.24) is 0 Å². The average molecular weight is 206 g/mol. The van der Waals surface area contributed by atoms with Gasteiger partial charge in [-0.1, -0.05) is 0 Å². The number of carboxylic acid groups (broad SMARTS) is 1. The largest absolute Gasteiger partial charge is 0.481 e. The normalized spacial score (nSPS) is 12.2. The van der Waals surface area contributed by atoms with E-state index in [0.29, 0.717) is 6.42 Å². The molecule has 0 heterocycles. The maximum absolute atomic E-state index is 10.8. The molecule has 0 aliphatic rings. The molecule has 1 N–H and O–H groups in total. The Morgan fingerprint density at radius 2 is 2.15 bits per heavy atom. The first-order chi connectivity index (χ1) is 6.11. The predicted octanol–water partition coefficient (Wildman–Crippen LogP) is 1.00. The summed E-state index contributed by atoms with van der Waals surface area (Å²) < 4.78 is 4.40. The number of hydrogen-bond donors (Lipinski definition) is 1. The number of rotatable bonds is 6. The Morgan fingerprint density at radius 3 is 2.54 bits per heavy atom. The zero-order valence-corrected chi connectivity index (χ0v) is 8.60. The van der Waals surface area contributed by atoms with Crippen LogP contribution in [0, 0.1) is 5.92 Å². The molecule has 4 nitrogen and oxygen atoms in total. The molecule has 0 rings (SSSR count). The molecule has 0 aromatic carbocycles. The zero-order valence-electron chi connectivity index (χ0n) is 7.78. The van der Waals surface area contributed by atoms with Crippen LogP contribution in [-0.4, -0.2) is 36.2 Å². The van der Waals surface area contributed by atoms with Crippen molar-refractivity contribution in [1.29, 1.82) is 0 Å². The Kier molecular flexibility index (Phi) is 6.40. The van der Waals surface area contributed by atoms with Crippen molar-refractivity contribution >= 4 is 23.7 Å². The third-order valence-electron chi connectivity index (χ3n) is 1.66. The van der Waals surface area contributed by atoms with Gasteiger partial charge in [0.05, 0.1) is 19.4 Å². The van der Waals surface area contributed by atoms with Gasteiger partial charge in [0.15, 0.2) is 0 Å². The number of carbonyl (C=O) groups excluding carboxylic acids is 1. The highest BCUT2D eigenvalue weighted by Gasteiger charge is 2.20. The van der Waals surface area contributed by atoms with Crippen molar-refractivity contribution in [2.45, 2.75) is 12.8 Å². The van der Waals surface area contributed by atoms with Gasteiger partial charge >= 0.3 is 11.9 Å². The second-order valence-electron chi connectivity index (χ2n) is 2.60. The Labute approximate surface area is 81.6 Å². The lowest BCUT2D eigenvalue weighted by molar-refractivity contribution is -0.149. The summed E-state index contributed by atoms with van der Waals surface area (Å²) in [6, 6.07) is 0. The maximum atomic E-state index is 10.8. The summed E-state index contributed by atoms with van der Waals surface area (Å²) in [6.45, 7) is 0. The van der Waals surface area contributed by atoms with Crippen LogP contribution in [0.1, 0.15) is 12.8 Å². The van der Waals surface area contributed by atoms with Crippen LogP contribution in [0.3, 0.4) is 0 Å². The summed E-state index contributed by atoms with van der Waals surface area (Å²) >= 11 is 1.57. The molecule has 1 atom stereocenters. The highest BCUT2D eigenvalue weighted by molar-refractivity contribution is 7.98. The van der Waals surface area contributed by atoms with Crippen molar-refractivity contribution in [3.8, 4) is 0 Å². The van der Waals surface area contributed by atoms with Crippen molar-refractivity contribution in [2.24, 2.45) is 5.92 Å². The van der Waals surface area contributed by atoms with Gasteiger partial charge in [-0.15, -0.1) is 0 Å². The van der Waals surface area contributed by atoms with E-state index in [0.717, 1.165) is 5.75 Å². The van der Waals surface area contributed by atoms with Crippen molar-refractivity contribution in [2.75, 3.05) is 19.1 Å². The van der Waals surface area contributed by atoms with E-state index in [1.165, 1.54) is 7.11 Å². The standard InChI is InChI=1S/C8H14O4S/c1-12-7(9)5-6(8(10)11)3-4-13-2/h6H,3-5H2,1-2H3,(H,10,11)/t6-/m1/s1. The monoisotopic (exact) mass is 206 g/mol. The average Bonchev–Trinajstić information content (AvgIpc) is 2.11. The van der Waals surface area contributed by atoms with Gasteiger partial charge in [0.1, 0.15) is 0 Å². The van der Waals surface area contributed by atoms with Crippen molar-refractivity contribution in [3.63, 3.8) is 0 Å². The van der Waals surface area contributed by atoms with E-state index in [1.807, 2.05) is 6.26 Å². The number of ether oxygens (including phenoxy) is 1. The smallest absolute Gasteiger partial charge is 0.307 e. The number of carboxylic acids is 1. The lowest BCUT2D eigenvalue weighted by Crippen LogP contribution is -2.19. The Morgan fingerprint density at radius 1 is 1.54 bits per heavy atom. The number of esters is 1.